The molecule has 1 aromatic heterocycles. The van der Waals surface area contributed by atoms with Crippen LogP contribution in [0.2, 0.25) is 0 Å². The molecule has 1 aliphatic rings. The maximum absolute atomic E-state index is 13.1. The molecule has 2 amide bonds. The third-order valence-corrected chi connectivity index (χ3v) is 5.51. The molecule has 2 heterocycles. The van der Waals surface area contributed by atoms with E-state index in [1.165, 1.54) is 4.68 Å². The predicted molar refractivity (Wildman–Crippen MR) is 111 cm³/mol. The lowest BCUT2D eigenvalue weighted by atomic mass is 10.2. The van der Waals surface area contributed by atoms with Gasteiger partial charge in [0.2, 0.25) is 0 Å². The standard InChI is InChI=1S/C21H17N3O3S/c1-14-18(20(26)24(22(14)2)16-11-7-4-8-12-16)23-19(25)17(28-21(23)27)13-15-9-5-3-6-10-15/h3-13H,1-2H3. The fraction of sp³-hybridized carbons (Fsp3) is 0.0952. The summed E-state index contributed by atoms with van der Waals surface area (Å²) < 4.78 is 3.10. The Hall–Kier alpha value is -3.32. The van der Waals surface area contributed by atoms with Crippen LogP contribution in [0.25, 0.3) is 11.8 Å². The van der Waals surface area contributed by atoms with Crippen LogP contribution in [0, 0.1) is 6.92 Å². The molecule has 2 aromatic carbocycles. The van der Waals surface area contributed by atoms with Gasteiger partial charge in [-0.2, -0.15) is 0 Å². The van der Waals surface area contributed by atoms with Crippen molar-refractivity contribution in [2.45, 2.75) is 6.92 Å². The maximum atomic E-state index is 13.1. The van der Waals surface area contributed by atoms with E-state index in [2.05, 4.69) is 0 Å². The summed E-state index contributed by atoms with van der Waals surface area (Å²) in [5, 5.41) is -0.474. The number of aromatic nitrogens is 2. The van der Waals surface area contributed by atoms with E-state index in [1.807, 2.05) is 48.5 Å². The molecule has 4 rings (SSSR count). The molecule has 6 nitrogen and oxygen atoms in total. The Balaban J connectivity index is 1.80. The number of imide groups is 1. The number of nitrogens with zero attached hydrogens (tertiary/aromatic N) is 3. The van der Waals surface area contributed by atoms with Crippen LogP contribution in [0.15, 0.2) is 70.4 Å². The smallest absolute Gasteiger partial charge is 0.283 e. The summed E-state index contributed by atoms with van der Waals surface area (Å²) in [5.41, 5.74) is 1.70. The number of anilines is 1. The van der Waals surface area contributed by atoms with E-state index >= 15 is 0 Å². The molecular weight excluding hydrogens is 374 g/mol. The van der Waals surface area contributed by atoms with Crippen molar-refractivity contribution in [3.8, 4) is 5.69 Å². The summed E-state index contributed by atoms with van der Waals surface area (Å²) in [6, 6.07) is 18.4. The van der Waals surface area contributed by atoms with Crippen LogP contribution in [0.1, 0.15) is 11.3 Å². The minimum atomic E-state index is -0.482. The van der Waals surface area contributed by atoms with Crippen LogP contribution >= 0.6 is 11.8 Å². The van der Waals surface area contributed by atoms with Gasteiger partial charge in [-0.3, -0.25) is 19.1 Å². The van der Waals surface area contributed by atoms with E-state index in [0.29, 0.717) is 16.3 Å². The number of carbonyl (C=O) groups is 2. The molecule has 0 atom stereocenters. The monoisotopic (exact) mass is 391 g/mol. The van der Waals surface area contributed by atoms with Gasteiger partial charge >= 0.3 is 0 Å². The van der Waals surface area contributed by atoms with Crippen molar-refractivity contribution in [2.24, 2.45) is 7.05 Å². The maximum Gasteiger partial charge on any atom is 0.298 e. The van der Waals surface area contributed by atoms with E-state index in [1.54, 1.807) is 36.9 Å². The highest BCUT2D eigenvalue weighted by Crippen LogP contribution is 2.36. The first kappa shape index (κ1) is 18.1. The SMILES string of the molecule is Cc1c(N2C(=O)SC(=Cc3ccccc3)C2=O)c(=O)n(-c2ccccc2)n1C. The molecule has 0 N–H and O–H groups in total. The molecule has 0 saturated carbocycles. The normalized spacial score (nSPS) is 15.6. The quantitative estimate of drug-likeness (QED) is 0.638. The van der Waals surface area contributed by atoms with Crippen molar-refractivity contribution >= 4 is 34.7 Å². The average molecular weight is 391 g/mol. The van der Waals surface area contributed by atoms with E-state index in [0.717, 1.165) is 22.2 Å². The minimum absolute atomic E-state index is 0.0883. The topological polar surface area (TPSA) is 64.3 Å². The minimum Gasteiger partial charge on any atom is -0.283 e. The van der Waals surface area contributed by atoms with Gasteiger partial charge in [0.25, 0.3) is 16.7 Å². The van der Waals surface area contributed by atoms with Gasteiger partial charge in [-0.25, -0.2) is 9.58 Å². The highest BCUT2D eigenvalue weighted by molar-refractivity contribution is 8.19. The van der Waals surface area contributed by atoms with Gasteiger partial charge in [-0.05, 0) is 42.5 Å². The Morgan fingerprint density at radius 2 is 1.50 bits per heavy atom. The molecule has 3 aromatic rings. The van der Waals surface area contributed by atoms with Crippen LogP contribution in [0.5, 0.6) is 0 Å². The lowest BCUT2D eigenvalue weighted by molar-refractivity contribution is -0.113. The third-order valence-electron chi connectivity index (χ3n) is 4.64. The lowest BCUT2D eigenvalue weighted by Gasteiger charge is -2.10. The number of para-hydroxylation sites is 1. The first-order valence-electron chi connectivity index (χ1n) is 8.66. The van der Waals surface area contributed by atoms with E-state index in [-0.39, 0.29) is 5.69 Å². The van der Waals surface area contributed by atoms with Crippen molar-refractivity contribution in [1.29, 1.82) is 0 Å². The molecule has 0 radical (unpaired) electrons. The molecule has 0 bridgehead atoms. The van der Waals surface area contributed by atoms with E-state index in [4.69, 9.17) is 0 Å². The summed E-state index contributed by atoms with van der Waals surface area (Å²) in [5.74, 6) is -0.482. The van der Waals surface area contributed by atoms with Crippen molar-refractivity contribution in [1.82, 2.24) is 9.36 Å². The number of hydrogen-bond donors (Lipinski definition) is 0. The molecule has 0 aliphatic carbocycles. The summed E-state index contributed by atoms with van der Waals surface area (Å²) >= 11 is 0.841. The van der Waals surface area contributed by atoms with Crippen LogP contribution in [-0.2, 0) is 11.8 Å². The van der Waals surface area contributed by atoms with Crippen molar-refractivity contribution in [3.63, 3.8) is 0 Å². The molecule has 0 unspecified atom stereocenters. The van der Waals surface area contributed by atoms with Crippen molar-refractivity contribution in [3.05, 3.63) is 87.2 Å². The summed E-state index contributed by atoms with van der Waals surface area (Å²) in [4.78, 5) is 40.0. The van der Waals surface area contributed by atoms with Crippen molar-refractivity contribution < 1.29 is 9.59 Å². The van der Waals surface area contributed by atoms with E-state index in [9.17, 15) is 14.4 Å². The molecule has 1 saturated heterocycles. The van der Waals surface area contributed by atoms with Gasteiger partial charge in [-0.1, -0.05) is 48.5 Å². The predicted octanol–water partition coefficient (Wildman–Crippen LogP) is 3.73. The molecule has 7 heteroatoms. The summed E-state index contributed by atoms with van der Waals surface area (Å²) in [6.45, 7) is 1.72. The fourth-order valence-electron chi connectivity index (χ4n) is 3.17. The largest absolute Gasteiger partial charge is 0.298 e. The summed E-state index contributed by atoms with van der Waals surface area (Å²) in [6.07, 6.45) is 1.67. The second-order valence-electron chi connectivity index (χ2n) is 6.34. The number of amides is 2. The van der Waals surface area contributed by atoms with Gasteiger partial charge in [-0.15, -0.1) is 0 Å². The Morgan fingerprint density at radius 1 is 0.893 bits per heavy atom. The third kappa shape index (κ3) is 2.90. The number of hydrogen-bond acceptors (Lipinski definition) is 4. The Morgan fingerprint density at radius 3 is 2.14 bits per heavy atom. The van der Waals surface area contributed by atoms with Crippen molar-refractivity contribution in [2.75, 3.05) is 4.90 Å². The molecule has 28 heavy (non-hydrogen) atoms. The van der Waals surface area contributed by atoms with Gasteiger partial charge < -0.3 is 0 Å². The molecule has 1 aliphatic heterocycles. The van der Waals surface area contributed by atoms with Gasteiger partial charge in [0.1, 0.15) is 5.69 Å². The second kappa shape index (κ2) is 7.01. The Labute approximate surface area is 165 Å². The number of thioether (sulfide) groups is 1. The highest BCUT2D eigenvalue weighted by atomic mass is 32.2. The van der Waals surface area contributed by atoms with Crippen LogP contribution in [0.3, 0.4) is 0 Å². The summed E-state index contributed by atoms with van der Waals surface area (Å²) in [7, 11) is 1.73. The first-order chi connectivity index (χ1) is 13.5. The lowest BCUT2D eigenvalue weighted by Crippen LogP contribution is -2.33. The molecule has 140 valence electrons. The highest BCUT2D eigenvalue weighted by Gasteiger charge is 2.40. The van der Waals surface area contributed by atoms with E-state index < -0.39 is 16.7 Å². The Bertz CT molecular complexity index is 1160. The van der Waals surface area contributed by atoms with Gasteiger partial charge in [0.05, 0.1) is 16.3 Å². The van der Waals surface area contributed by atoms with Crippen LogP contribution in [-0.4, -0.2) is 20.5 Å². The van der Waals surface area contributed by atoms with Gasteiger partial charge in [0, 0.05) is 7.05 Å². The molecule has 1 fully saturated rings. The number of benzene rings is 2. The fourth-order valence-corrected chi connectivity index (χ4v) is 4.00. The Kier molecular flexibility index (Phi) is 4.52. The molecular formula is C21H17N3O3S. The zero-order chi connectivity index (χ0) is 19.8. The van der Waals surface area contributed by atoms with Gasteiger partial charge in [0.15, 0.2) is 0 Å². The average Bonchev–Trinajstić information content (AvgIpc) is 3.09. The first-order valence-corrected chi connectivity index (χ1v) is 9.47. The zero-order valence-corrected chi connectivity index (χ0v) is 16.1. The van der Waals surface area contributed by atoms with Crippen LogP contribution < -0.4 is 10.5 Å². The second-order valence-corrected chi connectivity index (χ2v) is 7.33. The van der Waals surface area contributed by atoms with Crippen LogP contribution in [0.4, 0.5) is 10.5 Å². The number of rotatable bonds is 3. The zero-order valence-electron chi connectivity index (χ0n) is 15.3. The number of carbonyl (C=O) groups excluding carboxylic acids is 2. The molecule has 0 spiro atoms.